The average molecular weight is 681 g/mol. The van der Waals surface area contributed by atoms with E-state index in [2.05, 4.69) is 159 Å². The van der Waals surface area contributed by atoms with Crippen LogP contribution in [-0.2, 0) is 13.1 Å². The maximum absolute atomic E-state index is 14.4. The SMILES string of the molecule is C=CCCNCc1ccc(-c2ccc(C(=O)c3ccc(-c4ccc(CNCCC=C)cc4)c(-c4cccc(C)c4)c3)cc2-c2cccc(C)c2)cc1. The van der Waals surface area contributed by atoms with Crippen LogP contribution in [0.2, 0.25) is 0 Å². The Morgan fingerprint density at radius 3 is 1.31 bits per heavy atom. The van der Waals surface area contributed by atoms with Gasteiger partial charge in [-0.3, -0.25) is 4.79 Å². The molecular weight excluding hydrogens is 633 g/mol. The Hall–Kier alpha value is -5.61. The minimum atomic E-state index is 0.00259. The molecule has 6 aromatic carbocycles. The largest absolute Gasteiger partial charge is 0.312 e. The molecule has 0 aliphatic rings. The summed E-state index contributed by atoms with van der Waals surface area (Å²) in [6.45, 7) is 15.3. The molecule has 0 spiro atoms. The van der Waals surface area contributed by atoms with Crippen LogP contribution in [0, 0.1) is 13.8 Å². The number of benzene rings is 6. The van der Waals surface area contributed by atoms with Gasteiger partial charge in [0.25, 0.3) is 0 Å². The molecule has 0 heterocycles. The number of hydrogen-bond acceptors (Lipinski definition) is 3. The van der Waals surface area contributed by atoms with E-state index < -0.39 is 0 Å². The van der Waals surface area contributed by atoms with E-state index in [4.69, 9.17) is 0 Å². The fourth-order valence-electron chi connectivity index (χ4n) is 6.62. The highest BCUT2D eigenvalue weighted by atomic mass is 16.1. The van der Waals surface area contributed by atoms with Gasteiger partial charge in [0.1, 0.15) is 0 Å². The molecule has 0 aliphatic carbocycles. The molecule has 52 heavy (non-hydrogen) atoms. The molecule has 0 fully saturated rings. The zero-order valence-electron chi connectivity index (χ0n) is 30.4. The number of aryl methyl sites for hydroxylation is 2. The Morgan fingerprint density at radius 2 is 0.923 bits per heavy atom. The molecule has 0 saturated heterocycles. The van der Waals surface area contributed by atoms with E-state index in [1.54, 1.807) is 0 Å². The van der Waals surface area contributed by atoms with Gasteiger partial charge in [0.15, 0.2) is 5.78 Å². The Morgan fingerprint density at radius 1 is 0.500 bits per heavy atom. The van der Waals surface area contributed by atoms with Gasteiger partial charge in [-0.05, 0) is 108 Å². The molecule has 0 saturated carbocycles. The second kappa shape index (κ2) is 17.5. The zero-order valence-corrected chi connectivity index (χ0v) is 30.4. The third kappa shape index (κ3) is 8.99. The highest BCUT2D eigenvalue weighted by molar-refractivity contribution is 6.11. The first-order valence-corrected chi connectivity index (χ1v) is 18.2. The summed E-state index contributed by atoms with van der Waals surface area (Å²) in [5, 5.41) is 6.94. The van der Waals surface area contributed by atoms with Crippen molar-refractivity contribution >= 4 is 5.78 Å². The maximum atomic E-state index is 14.4. The van der Waals surface area contributed by atoms with E-state index in [9.17, 15) is 4.79 Å². The van der Waals surface area contributed by atoms with E-state index in [-0.39, 0.29) is 5.78 Å². The monoisotopic (exact) mass is 680 g/mol. The first-order chi connectivity index (χ1) is 25.4. The summed E-state index contributed by atoms with van der Waals surface area (Å²) in [6, 6.07) is 46.8. The molecule has 0 radical (unpaired) electrons. The number of hydrogen-bond donors (Lipinski definition) is 2. The van der Waals surface area contributed by atoms with Crippen LogP contribution in [-0.4, -0.2) is 18.9 Å². The Labute approximate surface area is 309 Å². The number of ketones is 1. The van der Waals surface area contributed by atoms with Crippen molar-refractivity contribution in [3.8, 4) is 44.5 Å². The lowest BCUT2D eigenvalue weighted by Gasteiger charge is -2.16. The smallest absolute Gasteiger partial charge is 0.193 e. The van der Waals surface area contributed by atoms with Gasteiger partial charge in [-0.1, -0.05) is 145 Å². The van der Waals surface area contributed by atoms with E-state index in [0.29, 0.717) is 11.1 Å². The lowest BCUT2D eigenvalue weighted by Crippen LogP contribution is -2.13. The van der Waals surface area contributed by atoms with E-state index in [1.165, 1.54) is 22.3 Å². The summed E-state index contributed by atoms with van der Waals surface area (Å²) >= 11 is 0. The van der Waals surface area contributed by atoms with Crippen LogP contribution in [0.5, 0.6) is 0 Å². The number of nitrogens with one attached hydrogen (secondary N) is 2. The molecule has 0 aliphatic heterocycles. The van der Waals surface area contributed by atoms with Gasteiger partial charge in [0.2, 0.25) is 0 Å². The van der Waals surface area contributed by atoms with Crippen LogP contribution in [0.25, 0.3) is 44.5 Å². The Balaban J connectivity index is 1.35. The standard InChI is InChI=1S/C49H48N2O/c1-5-7-27-50-33-37-15-19-39(20-16-37)45-25-23-43(31-47(45)41-13-9-11-35(3)29-41)49(52)44-24-26-46(48(32-44)42-14-10-12-36(4)30-42)40-21-17-38(18-22-40)34-51-28-8-6-2/h5-6,9-26,29-32,50-51H,1-2,7-8,27-28,33-34H2,3-4H3. The summed E-state index contributed by atoms with van der Waals surface area (Å²) in [6.07, 6.45) is 5.76. The van der Waals surface area contributed by atoms with E-state index >= 15 is 0 Å². The summed E-state index contributed by atoms with van der Waals surface area (Å²) in [5.41, 5.74) is 14.9. The average Bonchev–Trinajstić information content (AvgIpc) is 3.18. The van der Waals surface area contributed by atoms with Crippen molar-refractivity contribution in [2.75, 3.05) is 13.1 Å². The molecule has 260 valence electrons. The molecular formula is C49H48N2O. The molecule has 6 rings (SSSR count). The van der Waals surface area contributed by atoms with Gasteiger partial charge in [0.05, 0.1) is 0 Å². The van der Waals surface area contributed by atoms with Gasteiger partial charge < -0.3 is 10.6 Å². The van der Waals surface area contributed by atoms with Crippen LogP contribution in [0.4, 0.5) is 0 Å². The minimum absolute atomic E-state index is 0.00259. The van der Waals surface area contributed by atoms with Crippen molar-refractivity contribution < 1.29 is 4.79 Å². The van der Waals surface area contributed by atoms with E-state index in [1.807, 2.05) is 24.3 Å². The van der Waals surface area contributed by atoms with Gasteiger partial charge in [0, 0.05) is 24.2 Å². The molecule has 0 bridgehead atoms. The van der Waals surface area contributed by atoms with Crippen molar-refractivity contribution in [3.63, 3.8) is 0 Å². The van der Waals surface area contributed by atoms with Crippen LogP contribution >= 0.6 is 0 Å². The number of rotatable bonds is 16. The summed E-state index contributed by atoms with van der Waals surface area (Å²) in [5.74, 6) is 0.00259. The maximum Gasteiger partial charge on any atom is 0.193 e. The fraction of sp³-hybridized carbons (Fsp3) is 0.163. The predicted molar refractivity (Wildman–Crippen MR) is 221 cm³/mol. The van der Waals surface area contributed by atoms with Gasteiger partial charge in [-0.15, -0.1) is 13.2 Å². The van der Waals surface area contributed by atoms with Crippen LogP contribution in [0.15, 0.2) is 159 Å². The molecule has 6 aromatic rings. The molecule has 0 amide bonds. The normalized spacial score (nSPS) is 11.0. The summed E-state index contributed by atoms with van der Waals surface area (Å²) in [7, 11) is 0. The topological polar surface area (TPSA) is 41.1 Å². The van der Waals surface area contributed by atoms with Crippen LogP contribution < -0.4 is 10.6 Å². The molecule has 0 unspecified atom stereocenters. The summed E-state index contributed by atoms with van der Waals surface area (Å²) in [4.78, 5) is 14.4. The van der Waals surface area contributed by atoms with Gasteiger partial charge in [-0.2, -0.15) is 0 Å². The predicted octanol–water partition coefficient (Wildman–Crippen LogP) is 11.5. The summed E-state index contributed by atoms with van der Waals surface area (Å²) < 4.78 is 0. The lowest BCUT2D eigenvalue weighted by molar-refractivity contribution is 0.103. The molecule has 3 heteroatoms. The van der Waals surface area contributed by atoms with E-state index in [0.717, 1.165) is 83.5 Å². The highest BCUT2D eigenvalue weighted by Gasteiger charge is 2.18. The second-order valence-corrected chi connectivity index (χ2v) is 13.5. The fourth-order valence-corrected chi connectivity index (χ4v) is 6.62. The second-order valence-electron chi connectivity index (χ2n) is 13.5. The quantitative estimate of drug-likeness (QED) is 0.0607. The molecule has 2 N–H and O–H groups in total. The first kappa shape index (κ1) is 36.2. The third-order valence-electron chi connectivity index (χ3n) is 9.46. The molecule has 0 aromatic heterocycles. The van der Waals surface area contributed by atoms with Crippen molar-refractivity contribution in [2.45, 2.75) is 39.8 Å². The lowest BCUT2D eigenvalue weighted by atomic mass is 9.88. The van der Waals surface area contributed by atoms with Crippen LogP contribution in [0.1, 0.15) is 51.0 Å². The zero-order chi connectivity index (χ0) is 36.3. The third-order valence-corrected chi connectivity index (χ3v) is 9.46. The minimum Gasteiger partial charge on any atom is -0.312 e. The van der Waals surface area contributed by atoms with Gasteiger partial charge in [-0.25, -0.2) is 0 Å². The Bertz CT molecular complexity index is 2000. The van der Waals surface area contributed by atoms with Crippen molar-refractivity contribution in [1.29, 1.82) is 0 Å². The number of carbonyl (C=O) groups excluding carboxylic acids is 1. The molecule has 3 nitrogen and oxygen atoms in total. The van der Waals surface area contributed by atoms with Crippen molar-refractivity contribution in [3.05, 3.63) is 192 Å². The highest BCUT2D eigenvalue weighted by Crippen LogP contribution is 2.37. The number of carbonyl (C=O) groups is 1. The van der Waals surface area contributed by atoms with Crippen LogP contribution in [0.3, 0.4) is 0 Å². The van der Waals surface area contributed by atoms with Crippen molar-refractivity contribution in [1.82, 2.24) is 10.6 Å². The first-order valence-electron chi connectivity index (χ1n) is 18.2. The van der Waals surface area contributed by atoms with Crippen molar-refractivity contribution in [2.24, 2.45) is 0 Å². The molecule has 0 atom stereocenters. The Kier molecular flexibility index (Phi) is 12.2. The van der Waals surface area contributed by atoms with Gasteiger partial charge >= 0.3 is 0 Å².